The molecular formula is C18H25N3. The van der Waals surface area contributed by atoms with Gasteiger partial charge in [0.2, 0.25) is 0 Å². The van der Waals surface area contributed by atoms with Crippen LogP contribution in [0.25, 0.3) is 0 Å². The van der Waals surface area contributed by atoms with Gasteiger partial charge in [-0.25, -0.2) is 0 Å². The predicted octanol–water partition coefficient (Wildman–Crippen LogP) is 3.20. The van der Waals surface area contributed by atoms with E-state index in [1.54, 1.807) is 0 Å². The van der Waals surface area contributed by atoms with Gasteiger partial charge in [-0.2, -0.15) is 0 Å². The highest BCUT2D eigenvalue weighted by Gasteiger charge is 2.16. The van der Waals surface area contributed by atoms with Gasteiger partial charge in [-0.1, -0.05) is 29.8 Å². The van der Waals surface area contributed by atoms with E-state index in [0.29, 0.717) is 6.54 Å². The summed E-state index contributed by atoms with van der Waals surface area (Å²) in [6.07, 6.45) is 0. The highest BCUT2D eigenvalue weighted by Crippen LogP contribution is 2.26. The van der Waals surface area contributed by atoms with Crippen LogP contribution in [-0.2, 0) is 0 Å². The average molecular weight is 283 g/mol. The maximum atomic E-state index is 6.02. The largest absolute Gasteiger partial charge is 0.378 e. The maximum absolute atomic E-state index is 6.02. The van der Waals surface area contributed by atoms with Gasteiger partial charge in [-0.15, -0.1) is 0 Å². The van der Waals surface area contributed by atoms with E-state index in [9.17, 15) is 0 Å². The molecule has 0 fully saturated rings. The second-order valence-corrected chi connectivity index (χ2v) is 5.68. The van der Waals surface area contributed by atoms with Crippen molar-refractivity contribution in [1.82, 2.24) is 0 Å². The molecule has 3 nitrogen and oxygen atoms in total. The predicted molar refractivity (Wildman–Crippen MR) is 92.1 cm³/mol. The van der Waals surface area contributed by atoms with Crippen molar-refractivity contribution in [1.29, 1.82) is 0 Å². The molecule has 3 heteroatoms. The molecule has 2 aromatic rings. The fourth-order valence-corrected chi connectivity index (χ4v) is 2.47. The van der Waals surface area contributed by atoms with Crippen molar-refractivity contribution >= 4 is 11.4 Å². The summed E-state index contributed by atoms with van der Waals surface area (Å²) in [5.74, 6) is 0. The van der Waals surface area contributed by atoms with Gasteiger partial charge in [-0.05, 0) is 36.8 Å². The van der Waals surface area contributed by atoms with Crippen LogP contribution in [0.15, 0.2) is 48.5 Å². The van der Waals surface area contributed by atoms with E-state index in [-0.39, 0.29) is 6.04 Å². The van der Waals surface area contributed by atoms with Crippen LogP contribution in [0.1, 0.15) is 17.2 Å². The molecule has 0 aliphatic heterocycles. The monoisotopic (exact) mass is 283 g/mol. The molecule has 0 heterocycles. The fourth-order valence-electron chi connectivity index (χ4n) is 2.47. The van der Waals surface area contributed by atoms with Crippen LogP contribution in [0, 0.1) is 6.92 Å². The SMILES string of the molecule is Cc1ccc(N(C)C(CN)c2ccc(N(C)C)cc2)cc1. The van der Waals surface area contributed by atoms with Gasteiger partial charge >= 0.3 is 0 Å². The molecule has 112 valence electrons. The van der Waals surface area contributed by atoms with Crippen LogP contribution in [0.3, 0.4) is 0 Å². The van der Waals surface area contributed by atoms with Crippen molar-refractivity contribution in [3.63, 3.8) is 0 Å². The molecule has 0 bridgehead atoms. The molecule has 2 aromatic carbocycles. The van der Waals surface area contributed by atoms with Gasteiger partial charge in [0.15, 0.2) is 0 Å². The first kappa shape index (κ1) is 15.4. The molecule has 2 rings (SSSR count). The Bertz CT molecular complexity index is 558. The van der Waals surface area contributed by atoms with E-state index in [1.807, 2.05) is 14.1 Å². The highest BCUT2D eigenvalue weighted by atomic mass is 15.1. The number of hydrogen-bond donors (Lipinski definition) is 1. The lowest BCUT2D eigenvalue weighted by Gasteiger charge is -2.30. The van der Waals surface area contributed by atoms with E-state index in [4.69, 9.17) is 5.73 Å². The quantitative estimate of drug-likeness (QED) is 0.914. The maximum Gasteiger partial charge on any atom is 0.0661 e. The number of nitrogens with zero attached hydrogens (tertiary/aromatic N) is 2. The Morgan fingerprint density at radius 3 is 1.86 bits per heavy atom. The molecule has 0 spiro atoms. The summed E-state index contributed by atoms with van der Waals surface area (Å²) in [6, 6.07) is 17.3. The summed E-state index contributed by atoms with van der Waals surface area (Å²) in [7, 11) is 6.20. The Balaban J connectivity index is 2.23. The van der Waals surface area contributed by atoms with Gasteiger partial charge in [-0.3, -0.25) is 0 Å². The minimum Gasteiger partial charge on any atom is -0.378 e. The van der Waals surface area contributed by atoms with Gasteiger partial charge in [0.1, 0.15) is 0 Å². The van der Waals surface area contributed by atoms with E-state index in [0.717, 1.165) is 0 Å². The zero-order valence-corrected chi connectivity index (χ0v) is 13.4. The minimum atomic E-state index is 0.184. The number of hydrogen-bond acceptors (Lipinski definition) is 3. The van der Waals surface area contributed by atoms with E-state index < -0.39 is 0 Å². The summed E-state index contributed by atoms with van der Waals surface area (Å²) in [5, 5.41) is 0. The van der Waals surface area contributed by atoms with Crippen molar-refractivity contribution in [3.05, 3.63) is 59.7 Å². The van der Waals surface area contributed by atoms with Crippen molar-refractivity contribution in [3.8, 4) is 0 Å². The smallest absolute Gasteiger partial charge is 0.0661 e. The number of aryl methyl sites for hydroxylation is 1. The van der Waals surface area contributed by atoms with Crippen LogP contribution in [0.2, 0.25) is 0 Å². The van der Waals surface area contributed by atoms with Crippen LogP contribution in [0.5, 0.6) is 0 Å². The summed E-state index contributed by atoms with van der Waals surface area (Å²) in [4.78, 5) is 4.34. The summed E-state index contributed by atoms with van der Waals surface area (Å²) >= 11 is 0. The van der Waals surface area contributed by atoms with Gasteiger partial charge in [0.25, 0.3) is 0 Å². The van der Waals surface area contributed by atoms with Crippen molar-refractivity contribution < 1.29 is 0 Å². The number of rotatable bonds is 5. The molecule has 0 aliphatic rings. The number of anilines is 2. The Labute approximate surface area is 128 Å². The molecule has 1 unspecified atom stereocenters. The Morgan fingerprint density at radius 1 is 0.857 bits per heavy atom. The van der Waals surface area contributed by atoms with E-state index >= 15 is 0 Å². The number of likely N-dealkylation sites (N-methyl/N-ethyl adjacent to an activating group) is 1. The lowest BCUT2D eigenvalue weighted by atomic mass is 10.0. The zero-order valence-electron chi connectivity index (χ0n) is 13.4. The third-order valence-corrected chi connectivity index (χ3v) is 3.93. The minimum absolute atomic E-state index is 0.184. The molecule has 0 saturated heterocycles. The molecule has 21 heavy (non-hydrogen) atoms. The first-order chi connectivity index (χ1) is 10.0. The lowest BCUT2D eigenvalue weighted by molar-refractivity contribution is 0.680. The average Bonchev–Trinajstić information content (AvgIpc) is 2.49. The first-order valence-corrected chi connectivity index (χ1v) is 7.29. The third kappa shape index (κ3) is 3.56. The molecule has 1 atom stereocenters. The van der Waals surface area contributed by atoms with E-state index in [2.05, 4.69) is 72.3 Å². The molecule has 0 saturated carbocycles. The summed E-state index contributed by atoms with van der Waals surface area (Å²) in [5.41, 5.74) is 10.9. The highest BCUT2D eigenvalue weighted by molar-refractivity contribution is 5.51. The fraction of sp³-hybridized carbons (Fsp3) is 0.333. The summed E-state index contributed by atoms with van der Waals surface area (Å²) in [6.45, 7) is 2.69. The Hall–Kier alpha value is -2.00. The van der Waals surface area contributed by atoms with E-state index in [1.165, 1.54) is 22.5 Å². The molecule has 0 aromatic heterocycles. The Kier molecular flexibility index (Phi) is 4.86. The van der Waals surface area contributed by atoms with Crippen LogP contribution in [-0.4, -0.2) is 27.7 Å². The normalized spacial score (nSPS) is 12.0. The van der Waals surface area contributed by atoms with Crippen molar-refractivity contribution in [2.45, 2.75) is 13.0 Å². The second kappa shape index (κ2) is 6.64. The molecule has 2 N–H and O–H groups in total. The van der Waals surface area contributed by atoms with Crippen LogP contribution >= 0.6 is 0 Å². The number of nitrogens with two attached hydrogens (primary N) is 1. The molecule has 0 amide bonds. The van der Waals surface area contributed by atoms with Crippen LogP contribution < -0.4 is 15.5 Å². The zero-order chi connectivity index (χ0) is 15.4. The second-order valence-electron chi connectivity index (χ2n) is 5.68. The van der Waals surface area contributed by atoms with Crippen molar-refractivity contribution in [2.75, 3.05) is 37.5 Å². The first-order valence-electron chi connectivity index (χ1n) is 7.29. The molecule has 0 aliphatic carbocycles. The molecule has 0 radical (unpaired) electrons. The Morgan fingerprint density at radius 2 is 1.38 bits per heavy atom. The lowest BCUT2D eigenvalue weighted by Crippen LogP contribution is -2.30. The number of benzene rings is 2. The topological polar surface area (TPSA) is 32.5 Å². The summed E-state index contributed by atoms with van der Waals surface area (Å²) < 4.78 is 0. The third-order valence-electron chi connectivity index (χ3n) is 3.93. The van der Waals surface area contributed by atoms with Crippen LogP contribution in [0.4, 0.5) is 11.4 Å². The van der Waals surface area contributed by atoms with Gasteiger partial charge < -0.3 is 15.5 Å². The van der Waals surface area contributed by atoms with Gasteiger partial charge in [0, 0.05) is 39.1 Å². The molecular weight excluding hydrogens is 258 g/mol. The van der Waals surface area contributed by atoms with Gasteiger partial charge in [0.05, 0.1) is 6.04 Å². The standard InChI is InChI=1S/C18H25N3/c1-14-5-9-17(10-6-14)21(4)18(13-19)15-7-11-16(12-8-15)20(2)3/h5-12,18H,13,19H2,1-4H3. The van der Waals surface area contributed by atoms with Crippen molar-refractivity contribution in [2.24, 2.45) is 5.73 Å².